The molecule has 4 aromatic rings. The summed E-state index contributed by atoms with van der Waals surface area (Å²) in [5, 5.41) is 13.5. The number of ether oxygens (including phenoxy) is 1. The predicted octanol–water partition coefficient (Wildman–Crippen LogP) is 4.82. The highest BCUT2D eigenvalue weighted by Gasteiger charge is 2.31. The molecule has 0 unspecified atom stereocenters. The highest BCUT2D eigenvalue weighted by Crippen LogP contribution is 2.32. The second-order valence-corrected chi connectivity index (χ2v) is 7.56. The molecule has 10 heteroatoms. The molecule has 1 aromatic heterocycles. The van der Waals surface area contributed by atoms with Gasteiger partial charge in [0.2, 0.25) is 0 Å². The Morgan fingerprint density at radius 3 is 2.57 bits per heavy atom. The average Bonchev–Trinajstić information content (AvgIpc) is 2.83. The summed E-state index contributed by atoms with van der Waals surface area (Å²) in [6, 6.07) is 17.3. The zero-order valence-corrected chi connectivity index (χ0v) is 18.2. The number of aliphatic carboxylic acids is 1. The number of para-hydroxylation sites is 1. The molecule has 35 heavy (non-hydrogen) atoms. The number of carboxylic acid groups (broad SMARTS) is 1. The first-order valence-corrected chi connectivity index (χ1v) is 10.4. The van der Waals surface area contributed by atoms with Gasteiger partial charge in [-0.3, -0.25) is 4.79 Å². The van der Waals surface area contributed by atoms with E-state index in [0.29, 0.717) is 11.1 Å². The summed E-state index contributed by atoms with van der Waals surface area (Å²) in [5.41, 5.74) is -0.603. The van der Waals surface area contributed by atoms with Crippen molar-refractivity contribution < 1.29 is 27.8 Å². The number of carboxylic acids is 1. The summed E-state index contributed by atoms with van der Waals surface area (Å²) in [7, 11) is 0. The lowest BCUT2D eigenvalue weighted by Gasteiger charge is -2.12. The maximum absolute atomic E-state index is 13.3. The van der Waals surface area contributed by atoms with E-state index in [1.165, 1.54) is 31.3 Å². The van der Waals surface area contributed by atoms with E-state index in [2.05, 4.69) is 10.1 Å². The summed E-state index contributed by atoms with van der Waals surface area (Å²) >= 11 is 0. The maximum Gasteiger partial charge on any atom is 0.416 e. The van der Waals surface area contributed by atoms with Crippen LogP contribution in [0.25, 0.3) is 22.3 Å². The van der Waals surface area contributed by atoms with Crippen molar-refractivity contribution in [2.45, 2.75) is 19.2 Å². The molecule has 0 fully saturated rings. The van der Waals surface area contributed by atoms with Crippen LogP contribution in [0.4, 0.5) is 13.2 Å². The fourth-order valence-corrected chi connectivity index (χ4v) is 3.30. The van der Waals surface area contributed by atoms with E-state index in [-0.39, 0.29) is 22.5 Å². The van der Waals surface area contributed by atoms with Crippen LogP contribution in [0.5, 0.6) is 5.75 Å². The van der Waals surface area contributed by atoms with E-state index in [1.807, 2.05) is 0 Å². The second-order valence-electron chi connectivity index (χ2n) is 7.56. The molecular weight excluding hydrogens is 463 g/mol. The van der Waals surface area contributed by atoms with Crippen molar-refractivity contribution in [3.8, 4) is 17.1 Å². The van der Waals surface area contributed by atoms with Crippen molar-refractivity contribution in [3.63, 3.8) is 0 Å². The summed E-state index contributed by atoms with van der Waals surface area (Å²) in [5.74, 6) is -0.933. The number of halogens is 3. The van der Waals surface area contributed by atoms with E-state index < -0.39 is 29.4 Å². The van der Waals surface area contributed by atoms with Crippen LogP contribution in [-0.4, -0.2) is 33.1 Å². The highest BCUT2D eigenvalue weighted by atomic mass is 19.4. The quantitative estimate of drug-likeness (QED) is 0.399. The number of nitrogens with zero attached hydrogens (tertiary/aromatic N) is 3. The van der Waals surface area contributed by atoms with Crippen molar-refractivity contribution >= 4 is 23.1 Å². The fraction of sp³-hybridized carbons (Fsp3) is 0.120. The van der Waals surface area contributed by atoms with E-state index in [4.69, 9.17) is 9.84 Å². The molecule has 0 saturated carbocycles. The molecule has 0 bridgehead atoms. The van der Waals surface area contributed by atoms with E-state index in [9.17, 15) is 22.8 Å². The smallest absolute Gasteiger partial charge is 0.416 e. The first kappa shape index (κ1) is 23.7. The Bertz CT molecular complexity index is 1500. The molecule has 0 aliphatic rings. The van der Waals surface area contributed by atoms with Crippen LogP contribution in [-0.2, 0) is 11.0 Å². The van der Waals surface area contributed by atoms with Gasteiger partial charge in [0, 0.05) is 5.56 Å². The topological polar surface area (TPSA) is 93.8 Å². The molecule has 0 radical (unpaired) electrons. The van der Waals surface area contributed by atoms with Crippen molar-refractivity contribution in [3.05, 3.63) is 94.3 Å². The third-order valence-corrected chi connectivity index (χ3v) is 5.04. The highest BCUT2D eigenvalue weighted by molar-refractivity contribution is 5.82. The van der Waals surface area contributed by atoms with Gasteiger partial charge in [0.05, 0.1) is 22.7 Å². The Morgan fingerprint density at radius 2 is 1.83 bits per heavy atom. The van der Waals surface area contributed by atoms with Gasteiger partial charge in [-0.15, -0.1) is 0 Å². The monoisotopic (exact) mass is 481 g/mol. The van der Waals surface area contributed by atoms with Gasteiger partial charge >= 0.3 is 12.1 Å². The Kier molecular flexibility index (Phi) is 6.37. The molecule has 3 aromatic carbocycles. The minimum atomic E-state index is -4.57. The standard InChI is InChI=1S/C25H18F3N3O4/c1-15(24(33)34)35-19-9-4-6-16(12-19)14-29-31-22(17-7-5-8-18(13-17)25(26,27)28)30-21-11-3-2-10-20(21)23(31)32/h2-15H,1H3,(H,33,34)/t15-/m0/s1. The van der Waals surface area contributed by atoms with E-state index >= 15 is 0 Å². The Hall–Kier alpha value is -4.47. The largest absolute Gasteiger partial charge is 0.479 e. The van der Waals surface area contributed by atoms with Crippen LogP contribution in [0.15, 0.2) is 82.7 Å². The number of rotatable bonds is 6. The van der Waals surface area contributed by atoms with Crippen molar-refractivity contribution in [2.75, 3.05) is 0 Å². The van der Waals surface area contributed by atoms with Crippen molar-refractivity contribution in [2.24, 2.45) is 5.10 Å². The Labute approximate surface area is 196 Å². The molecule has 0 saturated heterocycles. The molecule has 178 valence electrons. The van der Waals surface area contributed by atoms with Gasteiger partial charge in [-0.25, -0.2) is 9.78 Å². The molecular formula is C25H18F3N3O4. The summed E-state index contributed by atoms with van der Waals surface area (Å²) < 4.78 is 46.2. The zero-order chi connectivity index (χ0) is 25.2. The number of hydrogen-bond acceptors (Lipinski definition) is 5. The van der Waals surface area contributed by atoms with Crippen LogP contribution in [0.1, 0.15) is 18.1 Å². The fourth-order valence-electron chi connectivity index (χ4n) is 3.30. The van der Waals surface area contributed by atoms with Crippen LogP contribution in [0.3, 0.4) is 0 Å². The summed E-state index contributed by atoms with van der Waals surface area (Å²) in [4.78, 5) is 28.7. The third-order valence-electron chi connectivity index (χ3n) is 5.04. The predicted molar refractivity (Wildman–Crippen MR) is 124 cm³/mol. The maximum atomic E-state index is 13.3. The van der Waals surface area contributed by atoms with E-state index in [1.54, 1.807) is 42.5 Å². The van der Waals surface area contributed by atoms with Gasteiger partial charge in [0.1, 0.15) is 5.75 Å². The molecule has 1 N–H and O–H groups in total. The molecule has 0 aliphatic heterocycles. The lowest BCUT2D eigenvalue weighted by atomic mass is 10.1. The SMILES string of the molecule is C[C@H](Oc1cccc(C=Nn2c(-c3cccc(C(F)(F)F)c3)nc3ccccc3c2=O)c1)C(=O)O. The van der Waals surface area contributed by atoms with Gasteiger partial charge in [-0.2, -0.15) is 22.9 Å². The Morgan fingerprint density at radius 1 is 1.09 bits per heavy atom. The van der Waals surface area contributed by atoms with Crippen molar-refractivity contribution in [1.29, 1.82) is 0 Å². The second kappa shape index (κ2) is 9.41. The lowest BCUT2D eigenvalue weighted by molar-refractivity contribution is -0.144. The molecule has 1 atom stereocenters. The molecule has 0 amide bonds. The van der Waals surface area contributed by atoms with Crippen molar-refractivity contribution in [1.82, 2.24) is 9.66 Å². The minimum Gasteiger partial charge on any atom is -0.479 e. The van der Waals surface area contributed by atoms with Gasteiger partial charge in [0.25, 0.3) is 5.56 Å². The first-order valence-electron chi connectivity index (χ1n) is 10.4. The average molecular weight is 481 g/mol. The van der Waals surface area contributed by atoms with Gasteiger partial charge in [0.15, 0.2) is 11.9 Å². The van der Waals surface area contributed by atoms with Crippen LogP contribution in [0.2, 0.25) is 0 Å². The minimum absolute atomic E-state index is 0.0622. The molecule has 1 heterocycles. The number of hydrogen-bond donors (Lipinski definition) is 1. The summed E-state index contributed by atoms with van der Waals surface area (Å²) in [6.07, 6.45) is -4.34. The molecule has 4 rings (SSSR count). The number of fused-ring (bicyclic) bond motifs is 1. The van der Waals surface area contributed by atoms with Gasteiger partial charge in [-0.05, 0) is 48.9 Å². The van der Waals surface area contributed by atoms with Gasteiger partial charge < -0.3 is 9.84 Å². The Balaban J connectivity index is 1.82. The molecule has 7 nitrogen and oxygen atoms in total. The van der Waals surface area contributed by atoms with Crippen LogP contribution in [0, 0.1) is 0 Å². The lowest BCUT2D eigenvalue weighted by Crippen LogP contribution is -2.22. The molecule has 0 aliphatic carbocycles. The molecule has 0 spiro atoms. The van der Waals surface area contributed by atoms with Gasteiger partial charge in [-0.1, -0.05) is 36.4 Å². The zero-order valence-electron chi connectivity index (χ0n) is 18.2. The van der Waals surface area contributed by atoms with Crippen LogP contribution >= 0.6 is 0 Å². The normalized spacial score (nSPS) is 12.7. The third kappa shape index (κ3) is 5.21. The van der Waals surface area contributed by atoms with E-state index in [0.717, 1.165) is 16.8 Å². The number of alkyl halides is 3. The number of carbonyl (C=O) groups is 1. The number of benzene rings is 3. The first-order chi connectivity index (χ1) is 16.6. The van der Waals surface area contributed by atoms with Crippen LogP contribution < -0.4 is 10.3 Å². The number of aromatic nitrogens is 2. The summed E-state index contributed by atoms with van der Waals surface area (Å²) in [6.45, 7) is 1.38.